The van der Waals surface area contributed by atoms with Crippen LogP contribution in [0.15, 0.2) is 14.3 Å². The highest BCUT2D eigenvalue weighted by atomic mass is 79.9. The SMILES string of the molecule is O=C(O)CCNCc1cc(Br)c(Br)s1. The number of carboxylic acid groups (broad SMARTS) is 1. The van der Waals surface area contributed by atoms with Gasteiger partial charge in [0.15, 0.2) is 0 Å². The standard InChI is InChI=1S/C8H9Br2NO2S/c9-6-3-5(14-8(6)10)4-11-2-1-7(12)13/h3,11H,1-2,4H2,(H,12,13). The molecule has 3 nitrogen and oxygen atoms in total. The van der Waals surface area contributed by atoms with Crippen molar-refractivity contribution in [3.63, 3.8) is 0 Å². The van der Waals surface area contributed by atoms with Crippen molar-refractivity contribution in [2.75, 3.05) is 6.54 Å². The summed E-state index contributed by atoms with van der Waals surface area (Å²) in [6, 6.07) is 2.02. The molecule has 6 heteroatoms. The second-order valence-corrected chi connectivity index (χ2v) is 5.96. The van der Waals surface area contributed by atoms with E-state index in [9.17, 15) is 4.79 Å². The van der Waals surface area contributed by atoms with Crippen LogP contribution >= 0.6 is 43.2 Å². The third kappa shape index (κ3) is 4.08. The van der Waals surface area contributed by atoms with Crippen LogP contribution in [0.1, 0.15) is 11.3 Å². The van der Waals surface area contributed by atoms with Crippen molar-refractivity contribution in [3.05, 3.63) is 19.2 Å². The van der Waals surface area contributed by atoms with Gasteiger partial charge in [-0.1, -0.05) is 0 Å². The molecular weight excluding hydrogens is 334 g/mol. The Morgan fingerprint density at radius 1 is 1.57 bits per heavy atom. The molecule has 0 aliphatic carbocycles. The van der Waals surface area contributed by atoms with E-state index in [2.05, 4.69) is 37.2 Å². The third-order valence-electron chi connectivity index (χ3n) is 1.51. The normalized spacial score (nSPS) is 10.4. The van der Waals surface area contributed by atoms with E-state index < -0.39 is 5.97 Å². The van der Waals surface area contributed by atoms with Gasteiger partial charge in [-0.25, -0.2) is 0 Å². The zero-order chi connectivity index (χ0) is 10.6. The molecule has 0 amide bonds. The summed E-state index contributed by atoms with van der Waals surface area (Å²) >= 11 is 8.42. The first-order valence-electron chi connectivity index (χ1n) is 3.96. The molecule has 1 aromatic rings. The number of rotatable bonds is 5. The fourth-order valence-electron chi connectivity index (χ4n) is 0.885. The zero-order valence-electron chi connectivity index (χ0n) is 7.22. The van der Waals surface area contributed by atoms with E-state index in [4.69, 9.17) is 5.11 Å². The highest BCUT2D eigenvalue weighted by molar-refractivity contribution is 9.13. The summed E-state index contributed by atoms with van der Waals surface area (Å²) in [5, 5.41) is 11.5. The van der Waals surface area contributed by atoms with Crippen molar-refractivity contribution in [3.8, 4) is 0 Å². The van der Waals surface area contributed by atoms with Gasteiger partial charge in [0.1, 0.15) is 0 Å². The predicted octanol–water partition coefficient (Wildman–Crippen LogP) is 2.84. The molecule has 78 valence electrons. The summed E-state index contributed by atoms with van der Waals surface area (Å²) in [5.74, 6) is -0.772. The highest BCUT2D eigenvalue weighted by Crippen LogP contribution is 2.32. The van der Waals surface area contributed by atoms with Crippen LogP contribution < -0.4 is 5.32 Å². The third-order valence-corrected chi connectivity index (χ3v) is 4.77. The van der Waals surface area contributed by atoms with Crippen LogP contribution in [0.25, 0.3) is 0 Å². The summed E-state index contributed by atoms with van der Waals surface area (Å²) in [5.41, 5.74) is 0. The first-order chi connectivity index (χ1) is 6.59. The van der Waals surface area contributed by atoms with Crippen LogP contribution in [-0.4, -0.2) is 17.6 Å². The zero-order valence-corrected chi connectivity index (χ0v) is 11.2. The van der Waals surface area contributed by atoms with Crippen molar-refractivity contribution >= 4 is 49.2 Å². The highest BCUT2D eigenvalue weighted by Gasteiger charge is 2.03. The average Bonchev–Trinajstić information content (AvgIpc) is 2.40. The summed E-state index contributed by atoms with van der Waals surface area (Å²) in [4.78, 5) is 11.4. The van der Waals surface area contributed by atoms with Gasteiger partial charge in [0.05, 0.1) is 10.2 Å². The van der Waals surface area contributed by atoms with E-state index in [0.717, 1.165) is 8.26 Å². The van der Waals surface area contributed by atoms with E-state index in [1.54, 1.807) is 11.3 Å². The van der Waals surface area contributed by atoms with Crippen LogP contribution in [0, 0.1) is 0 Å². The molecule has 14 heavy (non-hydrogen) atoms. The Bertz CT molecular complexity index is 308. The van der Waals surface area contributed by atoms with Crippen LogP contribution in [0.2, 0.25) is 0 Å². The van der Waals surface area contributed by atoms with Crippen molar-refractivity contribution in [1.82, 2.24) is 5.32 Å². The van der Waals surface area contributed by atoms with Crippen molar-refractivity contribution in [2.45, 2.75) is 13.0 Å². The average molecular weight is 343 g/mol. The fourth-order valence-corrected chi connectivity index (χ4v) is 3.03. The maximum Gasteiger partial charge on any atom is 0.304 e. The molecule has 1 rings (SSSR count). The minimum atomic E-state index is -0.772. The molecule has 0 bridgehead atoms. The van der Waals surface area contributed by atoms with E-state index in [1.165, 1.54) is 4.88 Å². The number of hydrogen-bond acceptors (Lipinski definition) is 3. The Morgan fingerprint density at radius 2 is 2.29 bits per heavy atom. The van der Waals surface area contributed by atoms with Crippen LogP contribution in [0.5, 0.6) is 0 Å². The second-order valence-electron chi connectivity index (χ2n) is 2.65. The Kier molecular flexibility index (Phi) is 5.08. The topological polar surface area (TPSA) is 49.3 Å². The van der Waals surface area contributed by atoms with Gasteiger partial charge in [-0.3, -0.25) is 4.79 Å². The Balaban J connectivity index is 2.28. The molecule has 0 spiro atoms. The smallest absolute Gasteiger partial charge is 0.304 e. The van der Waals surface area contributed by atoms with Gasteiger partial charge in [0, 0.05) is 22.4 Å². The number of aliphatic carboxylic acids is 1. The van der Waals surface area contributed by atoms with Gasteiger partial charge < -0.3 is 10.4 Å². The first kappa shape index (κ1) is 12.2. The van der Waals surface area contributed by atoms with Crippen molar-refractivity contribution in [2.24, 2.45) is 0 Å². The van der Waals surface area contributed by atoms with Gasteiger partial charge in [-0.2, -0.15) is 0 Å². The molecule has 0 aromatic carbocycles. The second kappa shape index (κ2) is 5.85. The molecule has 0 aliphatic rings. The Hall–Kier alpha value is 0.0900. The van der Waals surface area contributed by atoms with Gasteiger partial charge in [-0.05, 0) is 37.9 Å². The van der Waals surface area contributed by atoms with Crippen molar-refractivity contribution in [1.29, 1.82) is 0 Å². The van der Waals surface area contributed by atoms with E-state index >= 15 is 0 Å². The molecule has 0 radical (unpaired) electrons. The van der Waals surface area contributed by atoms with E-state index in [1.807, 2.05) is 6.07 Å². The first-order valence-corrected chi connectivity index (χ1v) is 6.36. The monoisotopic (exact) mass is 341 g/mol. The van der Waals surface area contributed by atoms with Gasteiger partial charge >= 0.3 is 5.97 Å². The lowest BCUT2D eigenvalue weighted by molar-refractivity contribution is -0.136. The molecular formula is C8H9Br2NO2S. The molecule has 0 fully saturated rings. The number of carboxylic acids is 1. The molecule has 1 heterocycles. The Morgan fingerprint density at radius 3 is 2.79 bits per heavy atom. The number of carbonyl (C=O) groups is 1. The lowest BCUT2D eigenvalue weighted by Crippen LogP contribution is -2.16. The molecule has 0 saturated carbocycles. The molecule has 0 unspecified atom stereocenters. The summed E-state index contributed by atoms with van der Waals surface area (Å²) in [7, 11) is 0. The molecule has 1 aromatic heterocycles. The fraction of sp³-hybridized carbons (Fsp3) is 0.375. The number of halogens is 2. The molecule has 0 atom stereocenters. The minimum absolute atomic E-state index is 0.160. The maximum atomic E-state index is 10.2. The minimum Gasteiger partial charge on any atom is -0.481 e. The van der Waals surface area contributed by atoms with Gasteiger partial charge in [0.2, 0.25) is 0 Å². The van der Waals surface area contributed by atoms with E-state index in [0.29, 0.717) is 13.1 Å². The largest absolute Gasteiger partial charge is 0.481 e. The summed E-state index contributed by atoms with van der Waals surface area (Å²) < 4.78 is 2.10. The predicted molar refractivity (Wildman–Crippen MR) is 63.7 cm³/mol. The number of nitrogens with one attached hydrogen (secondary N) is 1. The van der Waals surface area contributed by atoms with Crippen LogP contribution in [-0.2, 0) is 11.3 Å². The number of thiophene rings is 1. The summed E-state index contributed by atoms with van der Waals surface area (Å²) in [6.07, 6.45) is 0.160. The quantitative estimate of drug-likeness (QED) is 0.809. The molecule has 2 N–H and O–H groups in total. The molecule has 0 saturated heterocycles. The molecule has 0 aliphatic heterocycles. The van der Waals surface area contributed by atoms with Gasteiger partial charge in [-0.15, -0.1) is 11.3 Å². The van der Waals surface area contributed by atoms with E-state index in [-0.39, 0.29) is 6.42 Å². The number of hydrogen-bond donors (Lipinski definition) is 2. The van der Waals surface area contributed by atoms with Crippen molar-refractivity contribution < 1.29 is 9.90 Å². The Labute approximate surface area is 103 Å². The lowest BCUT2D eigenvalue weighted by Gasteiger charge is -1.98. The van der Waals surface area contributed by atoms with Crippen LogP contribution in [0.4, 0.5) is 0 Å². The van der Waals surface area contributed by atoms with Gasteiger partial charge in [0.25, 0.3) is 0 Å². The lowest BCUT2D eigenvalue weighted by atomic mass is 10.4. The maximum absolute atomic E-state index is 10.2. The van der Waals surface area contributed by atoms with Crippen LogP contribution in [0.3, 0.4) is 0 Å². The summed E-state index contributed by atoms with van der Waals surface area (Å²) in [6.45, 7) is 1.21.